The van der Waals surface area contributed by atoms with Crippen LogP contribution in [0.25, 0.3) is 5.57 Å². The fourth-order valence-corrected chi connectivity index (χ4v) is 26.8. The van der Waals surface area contributed by atoms with Crippen LogP contribution in [-0.4, -0.2) is 98.3 Å². The molecule has 0 fully saturated rings. The fraction of sp³-hybridized carbons (Fsp3) is 0.427. The molecule has 5 aromatic carbocycles. The van der Waals surface area contributed by atoms with E-state index in [2.05, 4.69) is 16.9 Å². The number of aryl methyl sites for hydroxylation is 6. The van der Waals surface area contributed by atoms with Gasteiger partial charge in [0.05, 0.1) is 41.1 Å². The number of halogens is 9. The summed E-state index contributed by atoms with van der Waals surface area (Å²) in [5, 5.41) is 32.1. The molecule has 0 saturated heterocycles. The number of methoxy groups -OCH3 is 1. The van der Waals surface area contributed by atoms with E-state index >= 15 is 0 Å². The summed E-state index contributed by atoms with van der Waals surface area (Å²) in [5.41, 5.74) is 5.38. The Balaban J connectivity index is 0.000000293. The number of aliphatic hydroxyl groups is 2. The number of alkyl halides is 9. The number of esters is 1. The van der Waals surface area contributed by atoms with Gasteiger partial charge in [0.2, 0.25) is 0 Å². The van der Waals surface area contributed by atoms with Crippen LogP contribution in [-0.2, 0) is 90.6 Å². The molecule has 0 amide bonds. The third kappa shape index (κ3) is 26.7. The molecule has 0 saturated carbocycles. The molecule has 0 aliphatic heterocycles. The second-order valence-corrected chi connectivity index (χ2v) is 36.5. The van der Waals surface area contributed by atoms with Gasteiger partial charge in [0.15, 0.2) is 17.3 Å². The number of hydrogen-bond acceptors (Lipinski definition) is 17. The van der Waals surface area contributed by atoms with Gasteiger partial charge in [0.25, 0.3) is 0 Å². The Kier molecular flexibility index (Phi) is 35.7. The van der Waals surface area contributed by atoms with Crippen molar-refractivity contribution in [1.82, 2.24) is 0 Å². The Morgan fingerprint density at radius 2 is 0.903 bits per heavy atom. The Bertz CT molecular complexity index is 3820. The Labute approximate surface area is 636 Å². The van der Waals surface area contributed by atoms with E-state index in [0.29, 0.717) is 71.6 Å². The van der Waals surface area contributed by atoms with Crippen LogP contribution in [0.2, 0.25) is 0 Å². The first-order valence-electron chi connectivity index (χ1n) is 33.0. The number of allylic oxidation sites excluding steroid dienone is 5. The summed E-state index contributed by atoms with van der Waals surface area (Å²) in [7, 11) is 1.15. The minimum absolute atomic E-state index is 0. The van der Waals surface area contributed by atoms with Crippen LogP contribution in [0.4, 0.5) is 39.5 Å². The van der Waals surface area contributed by atoms with E-state index in [0.717, 1.165) is 118 Å². The van der Waals surface area contributed by atoms with Gasteiger partial charge < -0.3 is 20.1 Å². The van der Waals surface area contributed by atoms with E-state index in [1.807, 2.05) is 53.7 Å². The molecule has 0 radical (unpaired) electrons. The molecule has 4 atom stereocenters. The smallest absolute Gasteiger partial charge is 0.875 e. The number of carbonyl (C=O) groups is 7. The molecule has 3 aliphatic rings. The van der Waals surface area contributed by atoms with Crippen LogP contribution >= 0.6 is 35.3 Å². The number of aliphatic hydroxyl groups excluding tert-OH is 2. The first-order valence-corrected chi connectivity index (χ1v) is 42.6. The number of benzene rings is 5. The van der Waals surface area contributed by atoms with E-state index in [9.17, 15) is 88.4 Å². The molecule has 0 spiro atoms. The normalized spacial score (nSPS) is 16.9. The molecule has 0 bridgehead atoms. The zero-order valence-corrected chi connectivity index (χ0v) is 67.6. The maximum atomic E-state index is 13.2. The fourth-order valence-electron chi connectivity index (χ4n) is 12.2. The number of hydrogen-bond donors (Lipinski definition) is 2. The zero-order chi connectivity index (χ0) is 76.0. The van der Waals surface area contributed by atoms with Gasteiger partial charge in [0, 0.05) is 52.9 Å². The van der Waals surface area contributed by atoms with E-state index < -0.39 is 99.2 Å². The summed E-state index contributed by atoms with van der Waals surface area (Å²) in [6.07, 6.45) is -5.39. The van der Waals surface area contributed by atoms with Crippen molar-refractivity contribution in [3.63, 3.8) is 0 Å². The predicted octanol–water partition coefficient (Wildman–Crippen LogP) is 13.9. The SMILES string of the molecule is CCc1cc(C)cc(CC)[c]1[Pb]([O]C(C)=O)([O]C(C)=O)[O]C(C)=O.CCc1cc(C)cc(CC)c1C1=C(O)CC(CCSc2ccccc2C(F)(F)F)CC1=O.COC(=O)C1C([O-])=CC(=O)CC1CCSc1ccccc1C(F)(F)F.O=C1C=C(O)CC(CCSc2ccccc2C(F)(F)F)C1.[Na+]. The molecule has 554 valence electrons. The van der Waals surface area contributed by atoms with Crippen molar-refractivity contribution in [1.29, 1.82) is 0 Å². The van der Waals surface area contributed by atoms with Crippen molar-refractivity contribution in [2.24, 2.45) is 23.7 Å². The number of ether oxygens (including phenoxy) is 1. The van der Waals surface area contributed by atoms with Gasteiger partial charge >= 0.3 is 203 Å². The van der Waals surface area contributed by atoms with E-state index in [1.165, 1.54) is 69.3 Å². The van der Waals surface area contributed by atoms with Gasteiger partial charge in [0.1, 0.15) is 5.76 Å². The Morgan fingerprint density at radius 3 is 1.26 bits per heavy atom. The van der Waals surface area contributed by atoms with Crippen molar-refractivity contribution in [2.75, 3.05) is 24.4 Å². The summed E-state index contributed by atoms with van der Waals surface area (Å²) < 4.78 is 139. The standard InChI is InChI=1S/C26H29F3O2S.C17H17F3O4S.C15H15F3O2S.C11H15.3C2H4O2.Na.Pb/c1-4-18-12-16(3)13-19(5-2)24(18)25-21(30)14-17(15-22(25)31)10-11-32-23-9-7-6-8-20(23)26(27,28)29;1-24-16(23)15-10(8-11(21)9-13(15)22)6-7-25-14-5-3-2-4-12(14)17(18,19)20;16-15(17,18)13-3-1-2-4-14(13)21-6-5-10-7-11(19)9-12(20)8-10;1-4-10-6-9(3)7-11(5-2)8-10;3*1-2(3)4;;/h6-9,12-13,17,30H,4-5,10-11,14-15H2,1-3H3;2-5,9-10,15,22H,6-8H2,1H3;1-4,9-10,19H,5-8H2;6-7H,4-5H2,1-3H3;3*1H3,(H,3,4);;/q;;;;;;;+1;+3/p-4. The molecule has 103 heavy (non-hydrogen) atoms. The molecule has 28 heteroatoms. The topological polar surface area (TPSA) is 220 Å². The van der Waals surface area contributed by atoms with Crippen molar-refractivity contribution in [3.8, 4) is 0 Å². The summed E-state index contributed by atoms with van der Waals surface area (Å²) >= 11 is -1.90. The zero-order valence-electron chi connectivity index (χ0n) is 59.2. The molecule has 14 nitrogen and oxygen atoms in total. The molecule has 0 aromatic heterocycles. The van der Waals surface area contributed by atoms with Crippen LogP contribution in [0, 0.1) is 37.5 Å². The first kappa shape index (κ1) is 89.3. The number of ketones is 3. The van der Waals surface area contributed by atoms with Gasteiger partial charge in [-0.1, -0.05) is 67.9 Å². The first-order chi connectivity index (χ1) is 47.9. The van der Waals surface area contributed by atoms with E-state index in [-0.39, 0.29) is 104 Å². The monoisotopic (exact) mass is 1710 g/mol. The number of thioether (sulfide) groups is 3. The Hall–Kier alpha value is -6.05. The molecule has 2 N–H and O–H groups in total. The number of Topliss-reactive ketones (excluding diaryl/α,β-unsaturated/α-hetero) is 1. The third-order valence-corrected chi connectivity index (χ3v) is 31.2. The summed E-state index contributed by atoms with van der Waals surface area (Å²) in [6.45, 7) is 15.6. The van der Waals surface area contributed by atoms with Crippen LogP contribution in [0.3, 0.4) is 0 Å². The van der Waals surface area contributed by atoms with Crippen LogP contribution in [0.1, 0.15) is 155 Å². The van der Waals surface area contributed by atoms with Crippen molar-refractivity contribution in [3.05, 3.63) is 182 Å². The maximum Gasteiger partial charge on any atom is 1.00 e. The largest absolute Gasteiger partial charge is 1.00 e. The van der Waals surface area contributed by atoms with Crippen LogP contribution in [0.5, 0.6) is 0 Å². The van der Waals surface area contributed by atoms with Gasteiger partial charge in [-0.05, 0) is 133 Å². The second-order valence-electron chi connectivity index (χ2n) is 24.4. The van der Waals surface area contributed by atoms with Gasteiger partial charge in [-0.15, -0.1) is 41.0 Å². The molecule has 3 aliphatic carbocycles. The van der Waals surface area contributed by atoms with E-state index in [4.69, 9.17) is 8.06 Å². The molecular formula is C75H84F9NaO14PbS3. The Morgan fingerprint density at radius 1 is 0.534 bits per heavy atom. The van der Waals surface area contributed by atoms with Gasteiger partial charge in [-0.25, -0.2) is 0 Å². The molecule has 8 rings (SSSR count). The van der Waals surface area contributed by atoms with Gasteiger partial charge in [-0.3, -0.25) is 19.2 Å². The minimum Gasteiger partial charge on any atom is -0.875 e. The molecule has 4 unspecified atom stereocenters. The maximum absolute atomic E-state index is 13.2. The average molecular weight is 1710 g/mol. The average Bonchev–Trinajstić information content (AvgIpc) is 0.769. The minimum atomic E-state index is -5.17. The van der Waals surface area contributed by atoms with E-state index in [1.54, 1.807) is 12.1 Å². The van der Waals surface area contributed by atoms with Crippen molar-refractivity contribution in [2.45, 2.75) is 173 Å². The van der Waals surface area contributed by atoms with Crippen LogP contribution in [0.15, 0.2) is 141 Å². The third-order valence-electron chi connectivity index (χ3n) is 16.5. The van der Waals surface area contributed by atoms with Gasteiger partial charge in [-0.2, -0.15) is 39.5 Å². The predicted molar refractivity (Wildman–Crippen MR) is 373 cm³/mol. The van der Waals surface area contributed by atoms with Crippen molar-refractivity contribution < 1.29 is 131 Å². The summed E-state index contributed by atoms with van der Waals surface area (Å²) in [6, 6.07) is 24.3. The number of rotatable bonds is 22. The number of carbonyl (C=O) groups excluding carboxylic acids is 7. The van der Waals surface area contributed by atoms with Crippen LogP contribution < -0.4 is 37.8 Å². The summed E-state index contributed by atoms with van der Waals surface area (Å²) in [5.74, 6) is -4.15. The molecular weight excluding hydrogens is 1620 g/mol. The quantitative estimate of drug-likeness (QED) is 0.0285. The molecule has 5 aromatic rings. The summed E-state index contributed by atoms with van der Waals surface area (Å²) in [4.78, 5) is 83.4. The second kappa shape index (κ2) is 41.2. The van der Waals surface area contributed by atoms with Crippen molar-refractivity contribution >= 4 is 108 Å². The molecule has 0 heterocycles.